The highest BCUT2D eigenvalue weighted by Gasteiger charge is 2.23. The van der Waals surface area contributed by atoms with Crippen molar-refractivity contribution in [1.82, 2.24) is 5.32 Å². The molecule has 0 aliphatic carbocycles. The van der Waals surface area contributed by atoms with Crippen molar-refractivity contribution in [3.63, 3.8) is 0 Å². The molecule has 98 valence electrons. The maximum atomic E-state index is 11.8. The Hall–Kier alpha value is -2.04. The number of carboxylic acid groups (broad SMARTS) is 1. The van der Waals surface area contributed by atoms with E-state index in [0.717, 1.165) is 0 Å². The summed E-state index contributed by atoms with van der Waals surface area (Å²) in [6.45, 7) is 3.49. The number of nitrogens with one attached hydrogen (secondary N) is 1. The van der Waals surface area contributed by atoms with Crippen LogP contribution < -0.4 is 11.1 Å². The molecule has 0 aliphatic rings. The summed E-state index contributed by atoms with van der Waals surface area (Å²) in [6.07, 6.45) is 0.0865. The normalized spacial score (nSPS) is 12.2. The minimum atomic E-state index is -1.03. The Balaban J connectivity index is 2.67. The van der Waals surface area contributed by atoms with Gasteiger partial charge in [-0.2, -0.15) is 0 Å². The molecule has 0 saturated carbocycles. The van der Waals surface area contributed by atoms with Gasteiger partial charge < -0.3 is 16.2 Å². The monoisotopic (exact) mass is 250 g/mol. The molecular formula is C13H18N2O3. The van der Waals surface area contributed by atoms with Gasteiger partial charge in [0.2, 0.25) is 5.91 Å². The van der Waals surface area contributed by atoms with Crippen LogP contribution in [0.2, 0.25) is 0 Å². The minimum Gasteiger partial charge on any atom is -0.480 e. The van der Waals surface area contributed by atoms with Gasteiger partial charge in [-0.1, -0.05) is 32.0 Å². The molecule has 4 N–H and O–H groups in total. The van der Waals surface area contributed by atoms with Crippen LogP contribution in [0.5, 0.6) is 0 Å². The molecule has 1 aromatic rings. The lowest BCUT2D eigenvalue weighted by Gasteiger charge is -2.18. The van der Waals surface area contributed by atoms with Crippen LogP contribution in [0.25, 0.3) is 0 Å². The van der Waals surface area contributed by atoms with Crippen LogP contribution in [0.15, 0.2) is 24.3 Å². The van der Waals surface area contributed by atoms with E-state index < -0.39 is 12.0 Å². The average Bonchev–Trinajstić information content (AvgIpc) is 2.28. The van der Waals surface area contributed by atoms with E-state index in [1.165, 1.54) is 0 Å². The summed E-state index contributed by atoms with van der Waals surface area (Å²) < 4.78 is 0. The molecule has 1 rings (SSSR count). The summed E-state index contributed by atoms with van der Waals surface area (Å²) in [6, 6.07) is 6.16. The number of carbonyl (C=O) groups excluding carboxylic acids is 1. The minimum absolute atomic E-state index is 0.0865. The summed E-state index contributed by atoms with van der Waals surface area (Å²) in [7, 11) is 0. The molecule has 1 unspecified atom stereocenters. The quantitative estimate of drug-likeness (QED) is 0.681. The second-order valence-corrected chi connectivity index (χ2v) is 4.50. The number of hydrogen-bond acceptors (Lipinski definition) is 3. The van der Waals surface area contributed by atoms with Gasteiger partial charge in [0.25, 0.3) is 0 Å². The zero-order chi connectivity index (χ0) is 13.7. The first kappa shape index (κ1) is 14.0. The van der Waals surface area contributed by atoms with Gasteiger partial charge in [-0.3, -0.25) is 4.79 Å². The summed E-state index contributed by atoms with van der Waals surface area (Å²) >= 11 is 0. The second kappa shape index (κ2) is 6.05. The fourth-order valence-corrected chi connectivity index (χ4v) is 1.61. The fourth-order valence-electron chi connectivity index (χ4n) is 1.61. The van der Waals surface area contributed by atoms with Crippen molar-refractivity contribution in [2.45, 2.75) is 26.3 Å². The highest BCUT2D eigenvalue weighted by atomic mass is 16.4. The van der Waals surface area contributed by atoms with E-state index in [1.54, 1.807) is 38.1 Å². The maximum absolute atomic E-state index is 11.8. The number of amides is 1. The predicted molar refractivity (Wildman–Crippen MR) is 69.0 cm³/mol. The fraction of sp³-hybridized carbons (Fsp3) is 0.385. The van der Waals surface area contributed by atoms with E-state index in [0.29, 0.717) is 11.3 Å². The molecular weight excluding hydrogens is 232 g/mol. The molecule has 1 aromatic carbocycles. The Bertz CT molecular complexity index is 444. The van der Waals surface area contributed by atoms with Crippen molar-refractivity contribution in [1.29, 1.82) is 0 Å². The SMILES string of the molecule is CC(C)C(NC(=O)Cc1ccccc1N)C(=O)O. The number of anilines is 1. The number of hydrogen-bond donors (Lipinski definition) is 3. The standard InChI is InChI=1S/C13H18N2O3/c1-8(2)12(13(17)18)15-11(16)7-9-5-3-4-6-10(9)14/h3-6,8,12H,7,14H2,1-2H3,(H,15,16)(H,17,18). The van der Waals surface area contributed by atoms with Crippen molar-refractivity contribution in [3.05, 3.63) is 29.8 Å². The van der Waals surface area contributed by atoms with Crippen LogP contribution in [-0.2, 0) is 16.0 Å². The molecule has 5 heteroatoms. The highest BCUT2D eigenvalue weighted by Crippen LogP contribution is 2.11. The Morgan fingerprint density at radius 2 is 1.94 bits per heavy atom. The number of para-hydroxylation sites is 1. The summed E-state index contributed by atoms with van der Waals surface area (Å²) in [5, 5.41) is 11.5. The van der Waals surface area contributed by atoms with Gasteiger partial charge in [-0.05, 0) is 17.5 Å². The van der Waals surface area contributed by atoms with E-state index in [1.807, 2.05) is 0 Å². The summed E-state index contributed by atoms with van der Waals surface area (Å²) in [5.41, 5.74) is 6.95. The molecule has 18 heavy (non-hydrogen) atoms. The lowest BCUT2D eigenvalue weighted by molar-refractivity contribution is -0.143. The molecule has 1 amide bonds. The number of nitrogen functional groups attached to an aromatic ring is 1. The molecule has 0 radical (unpaired) electrons. The molecule has 0 saturated heterocycles. The molecule has 1 atom stereocenters. The van der Waals surface area contributed by atoms with E-state index in [4.69, 9.17) is 10.8 Å². The Kier molecular flexibility index (Phi) is 4.71. The van der Waals surface area contributed by atoms with Crippen molar-refractivity contribution in [2.75, 3.05) is 5.73 Å². The zero-order valence-corrected chi connectivity index (χ0v) is 10.5. The molecule has 0 aliphatic heterocycles. The molecule has 0 bridgehead atoms. The van der Waals surface area contributed by atoms with E-state index in [9.17, 15) is 9.59 Å². The lowest BCUT2D eigenvalue weighted by atomic mass is 10.0. The van der Waals surface area contributed by atoms with Crippen LogP contribution in [0.4, 0.5) is 5.69 Å². The first-order chi connectivity index (χ1) is 8.41. The van der Waals surface area contributed by atoms with Gasteiger partial charge in [0, 0.05) is 5.69 Å². The number of carbonyl (C=O) groups is 2. The number of nitrogens with two attached hydrogens (primary N) is 1. The Labute approximate surface area is 106 Å². The van der Waals surface area contributed by atoms with E-state index >= 15 is 0 Å². The third kappa shape index (κ3) is 3.76. The molecule has 5 nitrogen and oxygen atoms in total. The third-order valence-corrected chi connectivity index (χ3v) is 2.66. The Morgan fingerprint density at radius 1 is 1.33 bits per heavy atom. The largest absolute Gasteiger partial charge is 0.480 e. The van der Waals surface area contributed by atoms with Gasteiger partial charge in [-0.25, -0.2) is 4.79 Å². The number of carboxylic acids is 1. The summed E-state index contributed by atoms with van der Waals surface area (Å²) in [4.78, 5) is 22.7. The van der Waals surface area contributed by atoms with E-state index in [-0.39, 0.29) is 18.2 Å². The van der Waals surface area contributed by atoms with Gasteiger partial charge >= 0.3 is 5.97 Å². The van der Waals surface area contributed by atoms with Crippen LogP contribution >= 0.6 is 0 Å². The van der Waals surface area contributed by atoms with Crippen LogP contribution in [0, 0.1) is 5.92 Å². The molecule has 0 heterocycles. The molecule has 0 aromatic heterocycles. The first-order valence-electron chi connectivity index (χ1n) is 5.77. The first-order valence-corrected chi connectivity index (χ1v) is 5.77. The number of rotatable bonds is 5. The van der Waals surface area contributed by atoms with Crippen molar-refractivity contribution in [3.8, 4) is 0 Å². The van der Waals surface area contributed by atoms with Crippen LogP contribution in [0.1, 0.15) is 19.4 Å². The maximum Gasteiger partial charge on any atom is 0.326 e. The zero-order valence-electron chi connectivity index (χ0n) is 10.5. The smallest absolute Gasteiger partial charge is 0.326 e. The summed E-state index contributed by atoms with van der Waals surface area (Å²) in [5.74, 6) is -1.53. The third-order valence-electron chi connectivity index (χ3n) is 2.66. The van der Waals surface area contributed by atoms with Crippen molar-refractivity contribution in [2.24, 2.45) is 5.92 Å². The van der Waals surface area contributed by atoms with Crippen molar-refractivity contribution >= 4 is 17.6 Å². The van der Waals surface area contributed by atoms with Gasteiger partial charge in [0.05, 0.1) is 6.42 Å². The number of benzene rings is 1. The van der Waals surface area contributed by atoms with Crippen molar-refractivity contribution < 1.29 is 14.7 Å². The lowest BCUT2D eigenvalue weighted by Crippen LogP contribution is -2.44. The topological polar surface area (TPSA) is 92.4 Å². The number of aliphatic carboxylic acids is 1. The Morgan fingerprint density at radius 3 is 2.44 bits per heavy atom. The van der Waals surface area contributed by atoms with Crippen LogP contribution in [-0.4, -0.2) is 23.0 Å². The average molecular weight is 250 g/mol. The second-order valence-electron chi connectivity index (χ2n) is 4.50. The van der Waals surface area contributed by atoms with E-state index in [2.05, 4.69) is 5.32 Å². The van der Waals surface area contributed by atoms with Gasteiger partial charge in [-0.15, -0.1) is 0 Å². The highest BCUT2D eigenvalue weighted by molar-refractivity contribution is 5.85. The van der Waals surface area contributed by atoms with Gasteiger partial charge in [0.1, 0.15) is 6.04 Å². The molecule has 0 spiro atoms. The van der Waals surface area contributed by atoms with Gasteiger partial charge in [0.15, 0.2) is 0 Å². The molecule has 0 fully saturated rings. The predicted octanol–water partition coefficient (Wildman–Crippen LogP) is 1.04. The van der Waals surface area contributed by atoms with Crippen LogP contribution in [0.3, 0.4) is 0 Å².